The van der Waals surface area contributed by atoms with Crippen LogP contribution in [0.5, 0.6) is 0 Å². The van der Waals surface area contributed by atoms with Crippen LogP contribution in [0.4, 0.5) is 0 Å². The third kappa shape index (κ3) is 2.26. The number of hydrogen-bond donors (Lipinski definition) is 1. The van der Waals surface area contributed by atoms with Crippen LogP contribution < -0.4 is 0 Å². The largest absolute Gasteiger partial charge is 0.478 e. The summed E-state index contributed by atoms with van der Waals surface area (Å²) < 4.78 is 7.59. The average molecular weight is 299 g/mol. The number of carbonyl (C=O) groups is 1. The standard InChI is InChI=1S/C11H11BrN2O3/c1-6-9(7(2)17-13-6)5-14-4-8(11(15)16)3-10(14)12/h3-4H,5H2,1-2H3,(H,15,16). The van der Waals surface area contributed by atoms with Gasteiger partial charge >= 0.3 is 5.97 Å². The number of carboxylic acids is 1. The van der Waals surface area contributed by atoms with Crippen molar-refractivity contribution in [2.75, 3.05) is 0 Å². The van der Waals surface area contributed by atoms with Crippen molar-refractivity contribution in [3.63, 3.8) is 0 Å². The molecular formula is C11H11BrN2O3. The van der Waals surface area contributed by atoms with E-state index in [1.165, 1.54) is 0 Å². The molecule has 0 saturated carbocycles. The zero-order valence-electron chi connectivity index (χ0n) is 9.40. The van der Waals surface area contributed by atoms with Gasteiger partial charge in [0.1, 0.15) is 5.76 Å². The lowest BCUT2D eigenvalue weighted by Crippen LogP contribution is -2.01. The van der Waals surface area contributed by atoms with Crippen LogP contribution in [0.2, 0.25) is 0 Å². The van der Waals surface area contributed by atoms with E-state index in [0.717, 1.165) is 21.6 Å². The second-order valence-corrected chi connectivity index (χ2v) is 4.60. The SMILES string of the molecule is Cc1noc(C)c1Cn1cc(C(=O)O)cc1Br. The highest BCUT2D eigenvalue weighted by molar-refractivity contribution is 9.10. The Balaban J connectivity index is 2.33. The molecule has 2 rings (SSSR count). The van der Waals surface area contributed by atoms with Crippen molar-refractivity contribution >= 4 is 21.9 Å². The molecule has 2 aromatic rings. The van der Waals surface area contributed by atoms with Gasteiger partial charge in [0.2, 0.25) is 0 Å². The summed E-state index contributed by atoms with van der Waals surface area (Å²) in [6, 6.07) is 1.57. The molecule has 0 aromatic carbocycles. The van der Waals surface area contributed by atoms with Crippen molar-refractivity contribution in [2.45, 2.75) is 20.4 Å². The van der Waals surface area contributed by atoms with E-state index in [4.69, 9.17) is 9.63 Å². The number of aromatic carboxylic acids is 1. The molecule has 0 aliphatic heterocycles. The van der Waals surface area contributed by atoms with E-state index < -0.39 is 5.97 Å². The van der Waals surface area contributed by atoms with E-state index in [1.54, 1.807) is 16.8 Å². The smallest absolute Gasteiger partial charge is 0.337 e. The molecule has 6 heteroatoms. The Morgan fingerprint density at radius 1 is 1.59 bits per heavy atom. The maximum atomic E-state index is 10.8. The third-order valence-corrected chi connectivity index (χ3v) is 3.28. The Morgan fingerprint density at radius 2 is 2.29 bits per heavy atom. The first-order valence-corrected chi connectivity index (χ1v) is 5.79. The van der Waals surface area contributed by atoms with E-state index in [1.807, 2.05) is 13.8 Å². The molecule has 2 heterocycles. The summed E-state index contributed by atoms with van der Waals surface area (Å²) in [6.45, 7) is 4.24. The lowest BCUT2D eigenvalue weighted by atomic mass is 10.2. The lowest BCUT2D eigenvalue weighted by Gasteiger charge is -2.03. The van der Waals surface area contributed by atoms with Gasteiger partial charge in [0, 0.05) is 11.8 Å². The summed E-state index contributed by atoms with van der Waals surface area (Å²) in [5.74, 6) is -0.191. The molecule has 0 spiro atoms. The quantitative estimate of drug-likeness (QED) is 0.946. The number of rotatable bonds is 3. The van der Waals surface area contributed by atoms with Gasteiger partial charge in [-0.3, -0.25) is 0 Å². The number of halogens is 1. The minimum Gasteiger partial charge on any atom is -0.478 e. The van der Waals surface area contributed by atoms with E-state index >= 15 is 0 Å². The fraction of sp³-hybridized carbons (Fsp3) is 0.273. The fourth-order valence-corrected chi connectivity index (χ4v) is 2.09. The van der Waals surface area contributed by atoms with Gasteiger partial charge in [-0.05, 0) is 35.8 Å². The molecule has 2 aromatic heterocycles. The highest BCUT2D eigenvalue weighted by Gasteiger charge is 2.13. The Bertz CT molecular complexity index is 552. The summed E-state index contributed by atoms with van der Waals surface area (Å²) in [4.78, 5) is 10.8. The Morgan fingerprint density at radius 3 is 2.76 bits per heavy atom. The molecule has 17 heavy (non-hydrogen) atoms. The van der Waals surface area contributed by atoms with Crippen LogP contribution >= 0.6 is 15.9 Å². The predicted octanol–water partition coefficient (Wildman–Crippen LogP) is 2.60. The average Bonchev–Trinajstić information content (AvgIpc) is 2.77. The highest BCUT2D eigenvalue weighted by atomic mass is 79.9. The number of aryl methyl sites for hydroxylation is 2. The van der Waals surface area contributed by atoms with Crippen molar-refractivity contribution in [2.24, 2.45) is 0 Å². The summed E-state index contributed by atoms with van der Waals surface area (Å²) in [5, 5.41) is 12.8. The summed E-state index contributed by atoms with van der Waals surface area (Å²) in [6.07, 6.45) is 1.58. The summed E-state index contributed by atoms with van der Waals surface area (Å²) >= 11 is 3.33. The molecule has 0 fully saturated rings. The van der Waals surface area contributed by atoms with Gasteiger partial charge in [-0.15, -0.1) is 0 Å². The topological polar surface area (TPSA) is 68.3 Å². The van der Waals surface area contributed by atoms with Crippen LogP contribution in [0.3, 0.4) is 0 Å². The second-order valence-electron chi connectivity index (χ2n) is 3.79. The Hall–Kier alpha value is -1.56. The zero-order chi connectivity index (χ0) is 12.6. The second kappa shape index (κ2) is 4.37. The van der Waals surface area contributed by atoms with Crippen molar-refractivity contribution in [1.29, 1.82) is 0 Å². The van der Waals surface area contributed by atoms with Gasteiger partial charge in [0.25, 0.3) is 0 Å². The predicted molar refractivity (Wildman–Crippen MR) is 64.2 cm³/mol. The molecule has 0 radical (unpaired) electrons. The molecule has 0 bridgehead atoms. The van der Waals surface area contributed by atoms with E-state index in [9.17, 15) is 4.79 Å². The first-order chi connectivity index (χ1) is 7.99. The van der Waals surface area contributed by atoms with Gasteiger partial charge in [0.15, 0.2) is 0 Å². The first kappa shape index (κ1) is 11.9. The molecule has 0 unspecified atom stereocenters. The molecule has 5 nitrogen and oxygen atoms in total. The first-order valence-electron chi connectivity index (χ1n) is 4.99. The van der Waals surface area contributed by atoms with Crippen molar-refractivity contribution in [1.82, 2.24) is 9.72 Å². The third-order valence-electron chi connectivity index (χ3n) is 2.60. The van der Waals surface area contributed by atoms with Gasteiger partial charge in [-0.1, -0.05) is 5.16 Å². The molecule has 90 valence electrons. The van der Waals surface area contributed by atoms with Gasteiger partial charge in [0.05, 0.1) is 22.4 Å². The molecule has 0 saturated heterocycles. The van der Waals surface area contributed by atoms with Gasteiger partial charge in [-0.2, -0.15) is 0 Å². The number of hydrogen-bond acceptors (Lipinski definition) is 3. The fourth-order valence-electron chi connectivity index (χ4n) is 1.61. The van der Waals surface area contributed by atoms with Crippen LogP contribution in [0.1, 0.15) is 27.4 Å². The van der Waals surface area contributed by atoms with Crippen LogP contribution in [0.25, 0.3) is 0 Å². The highest BCUT2D eigenvalue weighted by Crippen LogP contribution is 2.20. The monoisotopic (exact) mass is 298 g/mol. The van der Waals surface area contributed by atoms with E-state index in [0.29, 0.717) is 6.54 Å². The molecule has 0 atom stereocenters. The normalized spacial score (nSPS) is 10.8. The van der Waals surface area contributed by atoms with E-state index in [2.05, 4.69) is 21.1 Å². The Kier molecular flexibility index (Phi) is 3.06. The number of aromatic nitrogens is 2. The maximum absolute atomic E-state index is 10.8. The number of nitrogens with zero attached hydrogens (tertiary/aromatic N) is 2. The van der Waals surface area contributed by atoms with Crippen LogP contribution in [0.15, 0.2) is 21.4 Å². The maximum Gasteiger partial charge on any atom is 0.337 e. The van der Waals surface area contributed by atoms with Crippen LogP contribution in [0, 0.1) is 13.8 Å². The lowest BCUT2D eigenvalue weighted by molar-refractivity contribution is 0.0697. The Labute approximate surface area is 106 Å². The molecular weight excluding hydrogens is 288 g/mol. The minimum absolute atomic E-state index is 0.253. The van der Waals surface area contributed by atoms with Gasteiger partial charge < -0.3 is 14.2 Å². The molecule has 1 N–H and O–H groups in total. The molecule has 0 aliphatic rings. The minimum atomic E-state index is -0.941. The van der Waals surface area contributed by atoms with Crippen molar-refractivity contribution in [3.05, 3.63) is 39.4 Å². The van der Waals surface area contributed by atoms with Crippen LogP contribution in [-0.4, -0.2) is 20.8 Å². The van der Waals surface area contributed by atoms with E-state index in [-0.39, 0.29) is 5.56 Å². The number of carboxylic acid groups (broad SMARTS) is 1. The van der Waals surface area contributed by atoms with Crippen molar-refractivity contribution in [3.8, 4) is 0 Å². The van der Waals surface area contributed by atoms with Crippen molar-refractivity contribution < 1.29 is 14.4 Å². The summed E-state index contributed by atoms with van der Waals surface area (Å²) in [7, 11) is 0. The van der Waals surface area contributed by atoms with Gasteiger partial charge in [-0.25, -0.2) is 4.79 Å². The molecule has 0 amide bonds. The summed E-state index contributed by atoms with van der Waals surface area (Å²) in [5.41, 5.74) is 2.04. The molecule has 0 aliphatic carbocycles. The zero-order valence-corrected chi connectivity index (χ0v) is 11.0. The van der Waals surface area contributed by atoms with Crippen LogP contribution in [-0.2, 0) is 6.54 Å².